The Morgan fingerprint density at radius 1 is 1.47 bits per heavy atom. The zero-order valence-corrected chi connectivity index (χ0v) is 10.1. The van der Waals surface area contributed by atoms with E-state index in [0.29, 0.717) is 5.92 Å². The maximum atomic E-state index is 6.20. The van der Waals surface area contributed by atoms with Gasteiger partial charge in [0.1, 0.15) is 5.15 Å². The van der Waals surface area contributed by atoms with Crippen molar-refractivity contribution in [3.05, 3.63) is 16.4 Å². The third-order valence-corrected chi connectivity index (χ3v) is 4.09. The smallest absolute Gasteiger partial charge is 0.130 e. The fourth-order valence-corrected chi connectivity index (χ4v) is 2.64. The highest BCUT2D eigenvalue weighted by Gasteiger charge is 2.31. The molecule has 3 nitrogen and oxygen atoms in total. The van der Waals surface area contributed by atoms with Gasteiger partial charge in [-0.15, -0.1) is 0 Å². The van der Waals surface area contributed by atoms with Crippen LogP contribution >= 0.6 is 11.6 Å². The van der Waals surface area contributed by atoms with Gasteiger partial charge in [0, 0.05) is 12.6 Å². The van der Waals surface area contributed by atoms with E-state index >= 15 is 0 Å². The summed E-state index contributed by atoms with van der Waals surface area (Å²) in [5.74, 6) is 1.41. The molecular formula is C11H18ClN3. The van der Waals surface area contributed by atoms with E-state index in [9.17, 15) is 0 Å². The molecule has 0 amide bonds. The van der Waals surface area contributed by atoms with Gasteiger partial charge in [-0.25, -0.2) is 0 Å². The standard InChI is InChI=1S/C11H18ClN3/c1-7-10(11(12)15(2)14-7)5-8-3-4-9(8)6-13/h8-9H,3-6,13H2,1-2H3. The minimum atomic E-state index is 0.695. The highest BCUT2D eigenvalue weighted by molar-refractivity contribution is 6.30. The molecule has 84 valence electrons. The van der Waals surface area contributed by atoms with E-state index < -0.39 is 0 Å². The first-order valence-corrected chi connectivity index (χ1v) is 5.89. The normalized spacial score (nSPS) is 25.3. The lowest BCUT2D eigenvalue weighted by molar-refractivity contribution is 0.183. The molecule has 15 heavy (non-hydrogen) atoms. The van der Waals surface area contributed by atoms with E-state index in [2.05, 4.69) is 5.10 Å². The number of hydrogen-bond donors (Lipinski definition) is 1. The van der Waals surface area contributed by atoms with Gasteiger partial charge in [-0.05, 0) is 44.6 Å². The SMILES string of the molecule is Cc1nn(C)c(Cl)c1CC1CCC1CN. The molecule has 2 unspecified atom stereocenters. The molecule has 0 saturated heterocycles. The van der Waals surface area contributed by atoms with Gasteiger partial charge in [-0.1, -0.05) is 11.6 Å². The second kappa shape index (κ2) is 4.14. The lowest BCUT2D eigenvalue weighted by atomic mass is 9.71. The Morgan fingerprint density at radius 2 is 2.13 bits per heavy atom. The van der Waals surface area contributed by atoms with Crippen LogP contribution in [-0.2, 0) is 13.5 Å². The highest BCUT2D eigenvalue weighted by atomic mass is 35.5. The van der Waals surface area contributed by atoms with Gasteiger partial charge >= 0.3 is 0 Å². The summed E-state index contributed by atoms with van der Waals surface area (Å²) >= 11 is 6.20. The molecule has 1 aromatic heterocycles. The zero-order chi connectivity index (χ0) is 11.0. The summed E-state index contributed by atoms with van der Waals surface area (Å²) in [6, 6.07) is 0. The third kappa shape index (κ3) is 1.91. The summed E-state index contributed by atoms with van der Waals surface area (Å²) < 4.78 is 1.75. The van der Waals surface area contributed by atoms with Crippen molar-refractivity contribution in [3.8, 4) is 0 Å². The largest absolute Gasteiger partial charge is 0.330 e. The first-order chi connectivity index (χ1) is 7.13. The molecule has 0 spiro atoms. The van der Waals surface area contributed by atoms with Gasteiger partial charge in [0.15, 0.2) is 0 Å². The van der Waals surface area contributed by atoms with Gasteiger partial charge < -0.3 is 5.73 Å². The van der Waals surface area contributed by atoms with Crippen molar-refractivity contribution in [2.24, 2.45) is 24.6 Å². The molecule has 4 heteroatoms. The Morgan fingerprint density at radius 3 is 2.53 bits per heavy atom. The number of aryl methyl sites for hydroxylation is 2. The van der Waals surface area contributed by atoms with Crippen LogP contribution in [-0.4, -0.2) is 16.3 Å². The van der Waals surface area contributed by atoms with Crippen LogP contribution in [0.2, 0.25) is 5.15 Å². The Kier molecular flexibility index (Phi) is 3.03. The lowest BCUT2D eigenvalue weighted by Gasteiger charge is -2.35. The summed E-state index contributed by atoms with van der Waals surface area (Å²) in [6.45, 7) is 2.83. The first kappa shape index (κ1) is 11.0. The summed E-state index contributed by atoms with van der Waals surface area (Å²) in [7, 11) is 1.89. The predicted octanol–water partition coefficient (Wildman–Crippen LogP) is 1.91. The molecule has 1 aliphatic carbocycles. The third-order valence-electron chi connectivity index (χ3n) is 3.61. The van der Waals surface area contributed by atoms with Crippen molar-refractivity contribution in [2.45, 2.75) is 26.2 Å². The summed E-state index contributed by atoms with van der Waals surface area (Å²) in [4.78, 5) is 0. The van der Waals surface area contributed by atoms with Gasteiger partial charge in [0.05, 0.1) is 5.69 Å². The average Bonchev–Trinajstić information content (AvgIpc) is 2.38. The molecule has 1 heterocycles. The first-order valence-electron chi connectivity index (χ1n) is 5.51. The molecule has 2 rings (SSSR count). The van der Waals surface area contributed by atoms with Crippen LogP contribution in [0.4, 0.5) is 0 Å². The average molecular weight is 228 g/mol. The van der Waals surface area contributed by atoms with Crippen molar-refractivity contribution in [1.82, 2.24) is 9.78 Å². The maximum Gasteiger partial charge on any atom is 0.130 e. The summed E-state index contributed by atoms with van der Waals surface area (Å²) in [5.41, 5.74) is 7.98. The molecule has 2 N–H and O–H groups in total. The zero-order valence-electron chi connectivity index (χ0n) is 9.33. The minimum Gasteiger partial charge on any atom is -0.330 e. The molecule has 1 aliphatic rings. The summed E-state index contributed by atoms with van der Waals surface area (Å²) in [5, 5.41) is 5.11. The molecule has 2 atom stereocenters. The minimum absolute atomic E-state index is 0.695. The van der Waals surface area contributed by atoms with E-state index in [1.807, 2.05) is 14.0 Å². The van der Waals surface area contributed by atoms with Gasteiger partial charge in [0.2, 0.25) is 0 Å². The van der Waals surface area contributed by atoms with Crippen LogP contribution in [0.25, 0.3) is 0 Å². The number of aromatic nitrogens is 2. The number of hydrogen-bond acceptors (Lipinski definition) is 2. The van der Waals surface area contributed by atoms with E-state index in [1.165, 1.54) is 18.4 Å². The molecule has 1 fully saturated rings. The van der Waals surface area contributed by atoms with Crippen LogP contribution < -0.4 is 5.73 Å². The van der Waals surface area contributed by atoms with Crippen molar-refractivity contribution in [3.63, 3.8) is 0 Å². The molecule has 1 aromatic rings. The second-order valence-corrected chi connectivity index (χ2v) is 4.87. The lowest BCUT2D eigenvalue weighted by Crippen LogP contribution is -2.33. The molecule has 0 bridgehead atoms. The van der Waals surface area contributed by atoms with Crippen molar-refractivity contribution < 1.29 is 0 Å². The highest BCUT2D eigenvalue weighted by Crippen LogP contribution is 2.37. The van der Waals surface area contributed by atoms with Crippen molar-refractivity contribution in [1.29, 1.82) is 0 Å². The second-order valence-electron chi connectivity index (χ2n) is 4.52. The Balaban J connectivity index is 2.10. The molecule has 0 radical (unpaired) electrons. The number of rotatable bonds is 3. The Bertz CT molecular complexity index is 357. The predicted molar refractivity (Wildman–Crippen MR) is 61.9 cm³/mol. The fourth-order valence-electron chi connectivity index (χ4n) is 2.39. The Labute approximate surface area is 95.6 Å². The summed E-state index contributed by atoms with van der Waals surface area (Å²) in [6.07, 6.45) is 3.60. The number of halogens is 1. The quantitative estimate of drug-likeness (QED) is 0.858. The van der Waals surface area contributed by atoms with Crippen LogP contribution in [0.1, 0.15) is 24.1 Å². The van der Waals surface area contributed by atoms with Crippen LogP contribution in [0.5, 0.6) is 0 Å². The van der Waals surface area contributed by atoms with Gasteiger partial charge in [0.25, 0.3) is 0 Å². The van der Waals surface area contributed by atoms with Crippen molar-refractivity contribution in [2.75, 3.05) is 6.54 Å². The van der Waals surface area contributed by atoms with E-state index in [4.69, 9.17) is 17.3 Å². The van der Waals surface area contributed by atoms with Crippen LogP contribution in [0.3, 0.4) is 0 Å². The molecular weight excluding hydrogens is 210 g/mol. The Hall–Kier alpha value is -0.540. The van der Waals surface area contributed by atoms with Crippen LogP contribution in [0.15, 0.2) is 0 Å². The van der Waals surface area contributed by atoms with E-state index in [1.54, 1.807) is 4.68 Å². The molecule has 0 aliphatic heterocycles. The van der Waals surface area contributed by atoms with Crippen molar-refractivity contribution >= 4 is 11.6 Å². The van der Waals surface area contributed by atoms with Gasteiger partial charge in [-0.2, -0.15) is 5.10 Å². The fraction of sp³-hybridized carbons (Fsp3) is 0.727. The molecule has 0 aromatic carbocycles. The number of nitrogens with two attached hydrogens (primary N) is 1. The van der Waals surface area contributed by atoms with Gasteiger partial charge in [-0.3, -0.25) is 4.68 Å². The molecule has 1 saturated carbocycles. The van der Waals surface area contributed by atoms with E-state index in [0.717, 1.165) is 29.7 Å². The topological polar surface area (TPSA) is 43.8 Å². The number of nitrogens with zero attached hydrogens (tertiary/aromatic N) is 2. The van der Waals surface area contributed by atoms with Crippen LogP contribution in [0, 0.1) is 18.8 Å². The maximum absolute atomic E-state index is 6.20. The monoisotopic (exact) mass is 227 g/mol. The van der Waals surface area contributed by atoms with E-state index in [-0.39, 0.29) is 0 Å².